The van der Waals surface area contributed by atoms with E-state index in [1.54, 1.807) is 19.9 Å². The van der Waals surface area contributed by atoms with Gasteiger partial charge in [0.05, 0.1) is 5.60 Å². The zero-order valence-electron chi connectivity index (χ0n) is 8.41. The van der Waals surface area contributed by atoms with Gasteiger partial charge < -0.3 is 5.11 Å². The Hall–Kier alpha value is -1.08. The van der Waals surface area contributed by atoms with Crippen molar-refractivity contribution in [1.82, 2.24) is 0 Å². The van der Waals surface area contributed by atoms with Crippen molar-refractivity contribution in [3.05, 3.63) is 41.5 Å². The molecule has 0 amide bonds. The van der Waals surface area contributed by atoms with Gasteiger partial charge in [0.1, 0.15) is 0 Å². The minimum absolute atomic E-state index is 0.731. The highest BCUT2D eigenvalue weighted by molar-refractivity contribution is 5.50. The number of aliphatic hydroxyl groups is 1. The molecule has 70 valence electrons. The highest BCUT2D eigenvalue weighted by Crippen LogP contribution is 2.09. The van der Waals surface area contributed by atoms with Crippen LogP contribution in [0.4, 0.5) is 0 Å². The Labute approximate surface area is 79.7 Å². The van der Waals surface area contributed by atoms with E-state index in [1.165, 1.54) is 5.56 Å². The maximum atomic E-state index is 9.45. The van der Waals surface area contributed by atoms with Gasteiger partial charge in [-0.05, 0) is 26.3 Å². The Morgan fingerprint density at radius 2 is 1.69 bits per heavy atom. The lowest BCUT2D eigenvalue weighted by Gasteiger charge is -2.09. The summed E-state index contributed by atoms with van der Waals surface area (Å²) in [5, 5.41) is 9.45. The van der Waals surface area contributed by atoms with Gasteiger partial charge in [0.25, 0.3) is 0 Å². The molecule has 0 saturated carbocycles. The van der Waals surface area contributed by atoms with Crippen LogP contribution in [0.3, 0.4) is 0 Å². The van der Waals surface area contributed by atoms with Crippen molar-refractivity contribution < 1.29 is 5.11 Å². The lowest BCUT2D eigenvalue weighted by Crippen LogP contribution is -2.13. The molecule has 0 aliphatic heterocycles. The van der Waals surface area contributed by atoms with Crippen LogP contribution in [0.5, 0.6) is 0 Å². The minimum Gasteiger partial charge on any atom is -0.386 e. The highest BCUT2D eigenvalue weighted by atomic mass is 16.3. The first kappa shape index (κ1) is 10.0. The van der Waals surface area contributed by atoms with Crippen molar-refractivity contribution in [2.45, 2.75) is 26.4 Å². The summed E-state index contributed by atoms with van der Waals surface area (Å²) >= 11 is 0. The van der Waals surface area contributed by atoms with Crippen LogP contribution in [-0.4, -0.2) is 10.7 Å². The Morgan fingerprint density at radius 3 is 2.15 bits per heavy atom. The molecule has 13 heavy (non-hydrogen) atoms. The van der Waals surface area contributed by atoms with Gasteiger partial charge in [0.2, 0.25) is 0 Å². The molecule has 0 aliphatic carbocycles. The molecular formula is C12H16O. The molecule has 0 aromatic heterocycles. The van der Waals surface area contributed by atoms with E-state index >= 15 is 0 Å². The van der Waals surface area contributed by atoms with Gasteiger partial charge in [-0.1, -0.05) is 42.0 Å². The molecule has 0 aliphatic rings. The molecule has 0 heterocycles. The fourth-order valence-corrected chi connectivity index (χ4v) is 0.978. The van der Waals surface area contributed by atoms with E-state index in [9.17, 15) is 5.11 Å². The van der Waals surface area contributed by atoms with E-state index in [0.717, 1.165) is 5.56 Å². The van der Waals surface area contributed by atoms with Gasteiger partial charge in [-0.25, -0.2) is 0 Å². The number of benzene rings is 1. The van der Waals surface area contributed by atoms with E-state index < -0.39 is 5.60 Å². The molecule has 1 aromatic carbocycles. The number of hydrogen-bond acceptors (Lipinski definition) is 1. The predicted octanol–water partition coefficient (Wildman–Crippen LogP) is 2.78. The average Bonchev–Trinajstić information content (AvgIpc) is 2.02. The van der Waals surface area contributed by atoms with Crippen LogP contribution in [0.15, 0.2) is 30.3 Å². The van der Waals surface area contributed by atoms with E-state index in [2.05, 4.69) is 19.1 Å². The average molecular weight is 176 g/mol. The number of rotatable bonds is 2. The second kappa shape index (κ2) is 3.75. The predicted molar refractivity (Wildman–Crippen MR) is 56.5 cm³/mol. The Morgan fingerprint density at radius 1 is 1.15 bits per heavy atom. The van der Waals surface area contributed by atoms with E-state index in [1.807, 2.05) is 18.2 Å². The van der Waals surface area contributed by atoms with Gasteiger partial charge >= 0.3 is 0 Å². The second-order valence-corrected chi connectivity index (χ2v) is 3.90. The normalized spacial score (nSPS) is 12.3. The lowest BCUT2D eigenvalue weighted by molar-refractivity contribution is 0.134. The molecule has 1 heteroatoms. The zero-order valence-corrected chi connectivity index (χ0v) is 8.41. The molecule has 1 N–H and O–H groups in total. The summed E-state index contributed by atoms with van der Waals surface area (Å²) in [6.07, 6.45) is 3.72. The number of aryl methyl sites for hydroxylation is 1. The zero-order chi connectivity index (χ0) is 9.90. The van der Waals surface area contributed by atoms with Gasteiger partial charge in [0.15, 0.2) is 0 Å². The van der Waals surface area contributed by atoms with Crippen molar-refractivity contribution in [1.29, 1.82) is 0 Å². The molecule has 0 unspecified atom stereocenters. The van der Waals surface area contributed by atoms with E-state index in [0.29, 0.717) is 0 Å². The van der Waals surface area contributed by atoms with Gasteiger partial charge in [-0.3, -0.25) is 0 Å². The van der Waals surface area contributed by atoms with E-state index in [4.69, 9.17) is 0 Å². The van der Waals surface area contributed by atoms with Crippen molar-refractivity contribution >= 4 is 6.08 Å². The molecule has 1 rings (SSSR count). The molecule has 0 radical (unpaired) electrons. The second-order valence-electron chi connectivity index (χ2n) is 3.90. The summed E-state index contributed by atoms with van der Waals surface area (Å²) in [6, 6.07) is 8.20. The first-order valence-electron chi connectivity index (χ1n) is 4.46. The summed E-state index contributed by atoms with van der Waals surface area (Å²) in [5.41, 5.74) is 1.64. The fourth-order valence-electron chi connectivity index (χ4n) is 0.978. The van der Waals surface area contributed by atoms with Gasteiger partial charge in [0, 0.05) is 0 Å². The van der Waals surface area contributed by atoms with Crippen molar-refractivity contribution in [2.24, 2.45) is 0 Å². The minimum atomic E-state index is -0.731. The first-order valence-corrected chi connectivity index (χ1v) is 4.46. The van der Waals surface area contributed by atoms with E-state index in [-0.39, 0.29) is 0 Å². The van der Waals surface area contributed by atoms with Gasteiger partial charge in [-0.2, -0.15) is 0 Å². The van der Waals surface area contributed by atoms with Gasteiger partial charge in [-0.15, -0.1) is 0 Å². The van der Waals surface area contributed by atoms with Crippen molar-refractivity contribution in [2.75, 3.05) is 0 Å². The van der Waals surface area contributed by atoms with Crippen LogP contribution < -0.4 is 0 Å². The third-order valence-corrected chi connectivity index (χ3v) is 1.76. The summed E-state index contributed by atoms with van der Waals surface area (Å²) < 4.78 is 0. The quantitative estimate of drug-likeness (QED) is 0.734. The standard InChI is InChI=1S/C12H16O/c1-10-4-6-11(7-5-10)8-9-12(2,3)13/h4-9,13H,1-3H3/b9-8-. The summed E-state index contributed by atoms with van der Waals surface area (Å²) in [5.74, 6) is 0. The maximum absolute atomic E-state index is 9.45. The topological polar surface area (TPSA) is 20.2 Å². The molecule has 1 nitrogen and oxygen atoms in total. The maximum Gasteiger partial charge on any atom is 0.0774 e. The van der Waals surface area contributed by atoms with Crippen LogP contribution in [0.2, 0.25) is 0 Å². The van der Waals surface area contributed by atoms with Crippen LogP contribution in [-0.2, 0) is 0 Å². The smallest absolute Gasteiger partial charge is 0.0774 e. The first-order chi connectivity index (χ1) is 5.97. The van der Waals surface area contributed by atoms with Crippen molar-refractivity contribution in [3.63, 3.8) is 0 Å². The summed E-state index contributed by atoms with van der Waals surface area (Å²) in [7, 11) is 0. The van der Waals surface area contributed by atoms with Crippen LogP contribution in [0.25, 0.3) is 6.08 Å². The number of hydrogen-bond donors (Lipinski definition) is 1. The SMILES string of the molecule is Cc1ccc(/C=C\C(C)(C)O)cc1. The third kappa shape index (κ3) is 3.90. The monoisotopic (exact) mass is 176 g/mol. The van der Waals surface area contributed by atoms with Crippen molar-refractivity contribution in [3.8, 4) is 0 Å². The third-order valence-electron chi connectivity index (χ3n) is 1.76. The summed E-state index contributed by atoms with van der Waals surface area (Å²) in [6.45, 7) is 5.58. The van der Waals surface area contributed by atoms with Crippen LogP contribution >= 0.6 is 0 Å². The molecule has 0 spiro atoms. The van der Waals surface area contributed by atoms with Crippen LogP contribution in [0, 0.1) is 6.92 Å². The largest absolute Gasteiger partial charge is 0.386 e. The fraction of sp³-hybridized carbons (Fsp3) is 0.333. The Balaban J connectivity index is 2.75. The molecule has 0 bridgehead atoms. The molecule has 0 saturated heterocycles. The van der Waals surface area contributed by atoms with Crippen LogP contribution in [0.1, 0.15) is 25.0 Å². The molecule has 0 atom stereocenters. The Bertz CT molecular complexity index is 288. The highest BCUT2D eigenvalue weighted by Gasteiger charge is 2.05. The lowest BCUT2D eigenvalue weighted by atomic mass is 10.1. The molecular weight excluding hydrogens is 160 g/mol. The Kier molecular flexibility index (Phi) is 2.89. The molecule has 1 aromatic rings. The summed E-state index contributed by atoms with van der Waals surface area (Å²) in [4.78, 5) is 0. The molecule has 0 fully saturated rings.